The molecular formula is C21H22N2O5S. The molecule has 0 saturated carbocycles. The summed E-state index contributed by atoms with van der Waals surface area (Å²) in [6, 6.07) is 10.7. The molecule has 0 aliphatic carbocycles. The number of ether oxygens (including phenoxy) is 2. The van der Waals surface area contributed by atoms with Crippen molar-refractivity contribution in [3.63, 3.8) is 0 Å². The number of fused-ring (bicyclic) bond motifs is 1. The summed E-state index contributed by atoms with van der Waals surface area (Å²) in [5.41, 5.74) is 1.10. The van der Waals surface area contributed by atoms with Crippen LogP contribution in [0.5, 0.6) is 11.5 Å². The van der Waals surface area contributed by atoms with Crippen molar-refractivity contribution in [1.82, 2.24) is 4.90 Å². The third-order valence-electron chi connectivity index (χ3n) is 4.65. The highest BCUT2D eigenvalue weighted by Crippen LogP contribution is 2.29. The molecule has 2 aromatic carbocycles. The van der Waals surface area contributed by atoms with Gasteiger partial charge in [0.15, 0.2) is 0 Å². The van der Waals surface area contributed by atoms with E-state index >= 15 is 0 Å². The lowest BCUT2D eigenvalue weighted by Gasteiger charge is -2.25. The third-order valence-corrected chi connectivity index (χ3v) is 5.30. The Morgan fingerprint density at radius 2 is 1.59 bits per heavy atom. The molecule has 1 heterocycles. The first kappa shape index (κ1) is 20.7. The fourth-order valence-electron chi connectivity index (χ4n) is 3.20. The lowest BCUT2D eigenvalue weighted by molar-refractivity contribution is -0.120. The van der Waals surface area contributed by atoms with Crippen molar-refractivity contribution >= 4 is 35.2 Å². The normalized spacial score (nSPS) is 13.8. The molecule has 0 bridgehead atoms. The summed E-state index contributed by atoms with van der Waals surface area (Å²) in [4.78, 5) is 39.9. The fraction of sp³-hybridized carbons (Fsp3) is 0.286. The average Bonchev–Trinajstić information content (AvgIpc) is 2.99. The van der Waals surface area contributed by atoms with Crippen molar-refractivity contribution in [3.8, 4) is 11.5 Å². The highest BCUT2D eigenvalue weighted by molar-refractivity contribution is 7.98. The summed E-state index contributed by atoms with van der Waals surface area (Å²) in [7, 11) is 3.03. The molecule has 152 valence electrons. The van der Waals surface area contributed by atoms with Gasteiger partial charge < -0.3 is 14.8 Å². The van der Waals surface area contributed by atoms with Crippen LogP contribution < -0.4 is 14.8 Å². The van der Waals surface area contributed by atoms with Crippen LogP contribution >= 0.6 is 11.8 Å². The van der Waals surface area contributed by atoms with Gasteiger partial charge in [-0.3, -0.25) is 19.3 Å². The number of methoxy groups -OCH3 is 2. The number of hydrogen-bond donors (Lipinski definition) is 1. The maximum absolute atomic E-state index is 13.1. The Labute approximate surface area is 173 Å². The molecule has 0 saturated heterocycles. The number of rotatable bonds is 8. The van der Waals surface area contributed by atoms with Gasteiger partial charge in [0.1, 0.15) is 17.5 Å². The van der Waals surface area contributed by atoms with Crippen LogP contribution in [-0.4, -0.2) is 54.9 Å². The molecule has 1 aliphatic heterocycles. The number of nitrogens with one attached hydrogen (secondary N) is 1. The zero-order chi connectivity index (χ0) is 21.0. The minimum Gasteiger partial charge on any atom is -0.497 e. The van der Waals surface area contributed by atoms with Crippen LogP contribution in [-0.2, 0) is 4.79 Å². The molecule has 0 fully saturated rings. The van der Waals surface area contributed by atoms with E-state index in [-0.39, 0.29) is 0 Å². The Bertz CT molecular complexity index is 889. The van der Waals surface area contributed by atoms with Crippen LogP contribution in [0, 0.1) is 0 Å². The largest absolute Gasteiger partial charge is 0.497 e. The van der Waals surface area contributed by atoms with Crippen molar-refractivity contribution in [3.05, 3.63) is 53.6 Å². The number of carbonyl (C=O) groups is 3. The van der Waals surface area contributed by atoms with Crippen molar-refractivity contribution in [2.45, 2.75) is 12.5 Å². The summed E-state index contributed by atoms with van der Waals surface area (Å²) < 4.78 is 10.5. The predicted molar refractivity (Wildman–Crippen MR) is 112 cm³/mol. The minimum absolute atomic E-state index is 0.322. The molecule has 0 spiro atoms. The summed E-state index contributed by atoms with van der Waals surface area (Å²) in [5, 5.41) is 2.79. The molecule has 3 rings (SSSR count). The quantitative estimate of drug-likeness (QED) is 0.669. The minimum atomic E-state index is -0.924. The van der Waals surface area contributed by atoms with Gasteiger partial charge in [-0.2, -0.15) is 11.8 Å². The number of benzene rings is 2. The number of nitrogens with zero attached hydrogens (tertiary/aromatic N) is 1. The molecule has 0 aromatic heterocycles. The molecule has 1 atom stereocenters. The molecule has 0 radical (unpaired) electrons. The predicted octanol–water partition coefficient (Wildman–Crippen LogP) is 3.06. The maximum atomic E-state index is 13.1. The second-order valence-corrected chi connectivity index (χ2v) is 7.40. The van der Waals surface area contributed by atoms with E-state index in [4.69, 9.17) is 9.47 Å². The van der Waals surface area contributed by atoms with Gasteiger partial charge in [-0.15, -0.1) is 0 Å². The standard InChI is InChI=1S/C21H22N2O5S/c1-27-14-10-13(11-15(12-14)28-2)22-19(24)18(8-9-29-3)23-20(25)16-6-4-5-7-17(16)21(23)26/h4-7,10-12,18H,8-9H2,1-3H3,(H,22,24)/t18-/m1/s1. The number of thioether (sulfide) groups is 1. The van der Waals surface area contributed by atoms with Gasteiger partial charge in [0.05, 0.1) is 25.3 Å². The Kier molecular flexibility index (Phi) is 6.43. The van der Waals surface area contributed by atoms with Gasteiger partial charge in [-0.1, -0.05) is 12.1 Å². The Balaban J connectivity index is 1.89. The molecule has 1 N–H and O–H groups in total. The Morgan fingerprint density at radius 3 is 2.07 bits per heavy atom. The van der Waals surface area contributed by atoms with E-state index in [0.717, 1.165) is 4.90 Å². The number of anilines is 1. The van der Waals surface area contributed by atoms with Crippen LogP contribution in [0.25, 0.3) is 0 Å². The smallest absolute Gasteiger partial charge is 0.262 e. The maximum Gasteiger partial charge on any atom is 0.262 e. The molecule has 7 nitrogen and oxygen atoms in total. The summed E-state index contributed by atoms with van der Waals surface area (Å²) >= 11 is 1.54. The van der Waals surface area contributed by atoms with Gasteiger partial charge in [0.25, 0.3) is 11.8 Å². The molecule has 1 aliphatic rings. The van der Waals surface area contributed by atoms with E-state index in [9.17, 15) is 14.4 Å². The monoisotopic (exact) mass is 414 g/mol. The number of amides is 3. The van der Waals surface area contributed by atoms with Gasteiger partial charge in [-0.05, 0) is 30.6 Å². The van der Waals surface area contributed by atoms with Gasteiger partial charge in [0, 0.05) is 23.9 Å². The number of imide groups is 1. The van der Waals surface area contributed by atoms with Crippen LogP contribution in [0.15, 0.2) is 42.5 Å². The first-order chi connectivity index (χ1) is 14.0. The molecule has 8 heteroatoms. The molecule has 3 amide bonds. The van der Waals surface area contributed by atoms with E-state index < -0.39 is 23.8 Å². The second kappa shape index (κ2) is 9.00. The van der Waals surface area contributed by atoms with Crippen molar-refractivity contribution in [2.24, 2.45) is 0 Å². The van der Waals surface area contributed by atoms with Crippen molar-refractivity contribution in [1.29, 1.82) is 0 Å². The van der Waals surface area contributed by atoms with E-state index in [2.05, 4.69) is 5.32 Å². The SMILES string of the molecule is COc1cc(NC(=O)[C@@H](CCSC)N2C(=O)c3ccccc3C2=O)cc(OC)c1. The topological polar surface area (TPSA) is 84.9 Å². The van der Waals surface area contributed by atoms with Gasteiger partial charge >= 0.3 is 0 Å². The lowest BCUT2D eigenvalue weighted by atomic mass is 10.1. The van der Waals surface area contributed by atoms with Crippen molar-refractivity contribution in [2.75, 3.05) is 31.5 Å². The van der Waals surface area contributed by atoms with Crippen LogP contribution in [0.4, 0.5) is 5.69 Å². The molecular weight excluding hydrogens is 392 g/mol. The molecule has 29 heavy (non-hydrogen) atoms. The lowest BCUT2D eigenvalue weighted by Crippen LogP contribution is -2.47. The molecule has 2 aromatic rings. The first-order valence-electron chi connectivity index (χ1n) is 9.00. The van der Waals surface area contributed by atoms with E-state index in [1.165, 1.54) is 14.2 Å². The Hall–Kier alpha value is -3.00. The zero-order valence-corrected chi connectivity index (χ0v) is 17.2. The zero-order valence-electron chi connectivity index (χ0n) is 16.4. The van der Waals surface area contributed by atoms with Gasteiger partial charge in [-0.25, -0.2) is 0 Å². The first-order valence-corrected chi connectivity index (χ1v) is 10.4. The highest BCUT2D eigenvalue weighted by atomic mass is 32.2. The summed E-state index contributed by atoms with van der Waals surface area (Å²) in [6.07, 6.45) is 2.25. The van der Waals surface area contributed by atoms with E-state index in [1.54, 1.807) is 54.2 Å². The molecule has 0 unspecified atom stereocenters. The van der Waals surface area contributed by atoms with Gasteiger partial charge in [0.2, 0.25) is 5.91 Å². The average molecular weight is 414 g/mol. The van der Waals surface area contributed by atoms with Crippen LogP contribution in [0.2, 0.25) is 0 Å². The fourth-order valence-corrected chi connectivity index (χ4v) is 3.66. The summed E-state index contributed by atoms with van der Waals surface area (Å²) in [6.45, 7) is 0. The van der Waals surface area contributed by atoms with Crippen LogP contribution in [0.1, 0.15) is 27.1 Å². The van der Waals surface area contributed by atoms with Crippen LogP contribution in [0.3, 0.4) is 0 Å². The van der Waals surface area contributed by atoms with E-state index in [0.29, 0.717) is 40.5 Å². The summed E-state index contributed by atoms with van der Waals surface area (Å²) in [5.74, 6) is 0.309. The van der Waals surface area contributed by atoms with Crippen molar-refractivity contribution < 1.29 is 23.9 Å². The second-order valence-electron chi connectivity index (χ2n) is 6.41. The Morgan fingerprint density at radius 1 is 1.03 bits per heavy atom. The number of hydrogen-bond acceptors (Lipinski definition) is 6. The third kappa shape index (κ3) is 4.22. The number of carbonyl (C=O) groups excluding carboxylic acids is 3. The highest BCUT2D eigenvalue weighted by Gasteiger charge is 2.42. The van der Waals surface area contributed by atoms with E-state index in [1.807, 2.05) is 6.26 Å².